The molecular weight excluding hydrogens is 270 g/mol. The second-order valence-electron chi connectivity index (χ2n) is 5.95. The maximum atomic E-state index is 12.2. The third-order valence-electron chi connectivity index (χ3n) is 2.90. The van der Waals surface area contributed by atoms with Crippen LogP contribution in [-0.4, -0.2) is 23.0 Å². The van der Waals surface area contributed by atoms with E-state index < -0.39 is 23.5 Å². The van der Waals surface area contributed by atoms with Gasteiger partial charge in [-0.25, -0.2) is 4.79 Å². The van der Waals surface area contributed by atoms with Gasteiger partial charge in [0.05, 0.1) is 17.2 Å². The lowest BCUT2D eigenvalue weighted by Gasteiger charge is -2.23. The van der Waals surface area contributed by atoms with Gasteiger partial charge in [0.2, 0.25) is 6.10 Å². The lowest BCUT2D eigenvalue weighted by molar-refractivity contribution is -0.176. The highest BCUT2D eigenvalue weighted by Crippen LogP contribution is 2.24. The lowest BCUT2D eigenvalue weighted by atomic mass is 9.97. The number of nitrogens with zero attached hydrogens (tertiary/aromatic N) is 1. The monoisotopic (exact) mass is 293 g/mol. The summed E-state index contributed by atoms with van der Waals surface area (Å²) in [4.78, 5) is 28.4. The maximum Gasteiger partial charge on any atom is 0.354 e. The second kappa shape index (κ2) is 7.20. The minimum absolute atomic E-state index is 0.239. The van der Waals surface area contributed by atoms with Crippen LogP contribution in [-0.2, 0) is 19.1 Å². The molecule has 1 heterocycles. The van der Waals surface area contributed by atoms with Crippen molar-refractivity contribution in [2.75, 3.05) is 0 Å². The number of hydrogen-bond acceptors (Lipinski definition) is 5. The van der Waals surface area contributed by atoms with Crippen molar-refractivity contribution < 1.29 is 19.1 Å². The Balaban J connectivity index is 2.96. The minimum atomic E-state index is -1.13. The molecule has 21 heavy (non-hydrogen) atoms. The summed E-state index contributed by atoms with van der Waals surface area (Å²) < 4.78 is 10.6. The van der Waals surface area contributed by atoms with Crippen LogP contribution in [0.3, 0.4) is 0 Å². The summed E-state index contributed by atoms with van der Waals surface area (Å²) in [6.07, 6.45) is 0.862. The smallest absolute Gasteiger partial charge is 0.354 e. The fourth-order valence-corrected chi connectivity index (χ4v) is 1.39. The van der Waals surface area contributed by atoms with Crippen molar-refractivity contribution in [3.63, 3.8) is 0 Å². The van der Waals surface area contributed by atoms with E-state index in [1.807, 2.05) is 6.92 Å². The Hall–Kier alpha value is -1.91. The Morgan fingerprint density at radius 1 is 1.24 bits per heavy atom. The van der Waals surface area contributed by atoms with Gasteiger partial charge in [0.25, 0.3) is 0 Å². The maximum absolute atomic E-state index is 12.2. The molecule has 1 aromatic heterocycles. The van der Waals surface area contributed by atoms with Gasteiger partial charge in [-0.05, 0) is 46.2 Å². The van der Waals surface area contributed by atoms with E-state index in [-0.39, 0.29) is 6.10 Å². The fourth-order valence-electron chi connectivity index (χ4n) is 1.39. The van der Waals surface area contributed by atoms with Gasteiger partial charge >= 0.3 is 11.9 Å². The molecular formula is C16H23NO4. The molecule has 0 radical (unpaired) electrons. The zero-order valence-electron chi connectivity index (χ0n) is 13.3. The molecule has 0 saturated carbocycles. The number of pyridine rings is 1. The molecule has 1 aromatic rings. The van der Waals surface area contributed by atoms with Crippen LogP contribution in [0.15, 0.2) is 24.4 Å². The van der Waals surface area contributed by atoms with Crippen LogP contribution in [0.25, 0.3) is 0 Å². The first-order valence-corrected chi connectivity index (χ1v) is 7.08. The molecule has 0 saturated heterocycles. The quantitative estimate of drug-likeness (QED) is 0.781. The largest absolute Gasteiger partial charge is 0.460 e. The van der Waals surface area contributed by atoms with Crippen molar-refractivity contribution in [1.82, 2.24) is 4.98 Å². The molecule has 0 spiro atoms. The topological polar surface area (TPSA) is 65.5 Å². The van der Waals surface area contributed by atoms with Gasteiger partial charge in [-0.2, -0.15) is 0 Å². The summed E-state index contributed by atoms with van der Waals surface area (Å²) in [6.45, 7) is 8.88. The molecule has 0 aromatic carbocycles. The first-order chi connectivity index (χ1) is 9.75. The van der Waals surface area contributed by atoms with E-state index in [1.54, 1.807) is 52.1 Å². The zero-order chi connectivity index (χ0) is 16.0. The van der Waals surface area contributed by atoms with Crippen LogP contribution in [0, 0.1) is 5.41 Å². The van der Waals surface area contributed by atoms with Gasteiger partial charge in [0, 0.05) is 6.20 Å². The third kappa shape index (κ3) is 5.17. The fraction of sp³-hybridized carbons (Fsp3) is 0.562. The van der Waals surface area contributed by atoms with Crippen LogP contribution in [0.4, 0.5) is 0 Å². The van der Waals surface area contributed by atoms with Gasteiger partial charge in [0.1, 0.15) is 0 Å². The Kier molecular flexibility index (Phi) is 5.88. The molecule has 5 nitrogen and oxygen atoms in total. The molecule has 0 amide bonds. The Morgan fingerprint density at radius 2 is 1.90 bits per heavy atom. The number of carbonyl (C=O) groups excluding carboxylic acids is 2. The molecule has 1 rings (SSSR count). The summed E-state index contributed by atoms with van der Waals surface area (Å²) in [5, 5.41) is 0. The third-order valence-corrected chi connectivity index (χ3v) is 2.90. The molecule has 0 aliphatic carbocycles. The van der Waals surface area contributed by atoms with E-state index in [4.69, 9.17) is 9.47 Å². The van der Waals surface area contributed by atoms with Gasteiger partial charge in [-0.15, -0.1) is 0 Å². The predicted molar refractivity (Wildman–Crippen MR) is 78.4 cm³/mol. The number of rotatable bonds is 5. The van der Waals surface area contributed by atoms with Crippen molar-refractivity contribution in [2.45, 2.75) is 53.2 Å². The van der Waals surface area contributed by atoms with E-state index in [9.17, 15) is 9.59 Å². The molecule has 0 aliphatic rings. The number of hydrogen-bond donors (Lipinski definition) is 0. The van der Waals surface area contributed by atoms with Crippen molar-refractivity contribution in [3.05, 3.63) is 30.1 Å². The van der Waals surface area contributed by atoms with E-state index in [0.717, 1.165) is 0 Å². The molecule has 0 fully saturated rings. The van der Waals surface area contributed by atoms with E-state index in [2.05, 4.69) is 4.98 Å². The van der Waals surface area contributed by atoms with Crippen molar-refractivity contribution in [2.24, 2.45) is 5.41 Å². The van der Waals surface area contributed by atoms with Crippen molar-refractivity contribution >= 4 is 11.9 Å². The number of ether oxygens (including phenoxy) is 2. The van der Waals surface area contributed by atoms with Gasteiger partial charge < -0.3 is 9.47 Å². The predicted octanol–water partition coefficient (Wildman–Crippen LogP) is 3.05. The highest BCUT2D eigenvalue weighted by Gasteiger charge is 2.33. The molecule has 0 N–H and O–H groups in total. The summed E-state index contributed by atoms with van der Waals surface area (Å²) in [5.74, 6) is -1.07. The SMILES string of the molecule is CCC(C)OC(=O)C(OC(=O)C(C)(C)C)c1ccccn1. The Morgan fingerprint density at radius 3 is 2.38 bits per heavy atom. The highest BCUT2D eigenvalue weighted by molar-refractivity contribution is 5.82. The van der Waals surface area contributed by atoms with Crippen LogP contribution >= 0.6 is 0 Å². The van der Waals surface area contributed by atoms with E-state index in [1.165, 1.54) is 0 Å². The molecule has 2 unspecified atom stereocenters. The van der Waals surface area contributed by atoms with Crippen molar-refractivity contribution in [1.29, 1.82) is 0 Å². The van der Waals surface area contributed by atoms with Crippen molar-refractivity contribution in [3.8, 4) is 0 Å². The summed E-state index contributed by atoms with van der Waals surface area (Å²) >= 11 is 0. The average Bonchev–Trinajstić information content (AvgIpc) is 2.43. The Labute approximate surface area is 125 Å². The van der Waals surface area contributed by atoms with Gasteiger partial charge in [-0.1, -0.05) is 13.0 Å². The minimum Gasteiger partial charge on any atom is -0.460 e. The van der Waals surface area contributed by atoms with Crippen LogP contribution < -0.4 is 0 Å². The number of carbonyl (C=O) groups is 2. The van der Waals surface area contributed by atoms with Gasteiger partial charge in [-0.3, -0.25) is 9.78 Å². The van der Waals surface area contributed by atoms with Crippen LogP contribution in [0.5, 0.6) is 0 Å². The Bertz CT molecular complexity index is 479. The first-order valence-electron chi connectivity index (χ1n) is 7.08. The molecule has 0 bridgehead atoms. The molecule has 5 heteroatoms. The van der Waals surface area contributed by atoms with Crippen LogP contribution in [0.1, 0.15) is 52.8 Å². The van der Waals surface area contributed by atoms with Crippen LogP contribution in [0.2, 0.25) is 0 Å². The standard InChI is InChI=1S/C16H23NO4/c1-6-11(2)20-14(18)13(12-9-7-8-10-17-12)21-15(19)16(3,4)5/h7-11,13H,6H2,1-5H3. The number of esters is 2. The lowest BCUT2D eigenvalue weighted by Crippen LogP contribution is -2.30. The summed E-state index contributed by atoms with van der Waals surface area (Å²) in [5.41, 5.74) is -0.340. The first kappa shape index (κ1) is 17.1. The molecule has 0 aliphatic heterocycles. The summed E-state index contributed by atoms with van der Waals surface area (Å²) in [7, 11) is 0. The van der Waals surface area contributed by atoms with Gasteiger partial charge in [0.15, 0.2) is 0 Å². The second-order valence-corrected chi connectivity index (χ2v) is 5.95. The summed E-state index contributed by atoms with van der Waals surface area (Å²) in [6, 6.07) is 5.10. The number of aromatic nitrogens is 1. The zero-order valence-corrected chi connectivity index (χ0v) is 13.3. The average molecular weight is 293 g/mol. The van der Waals surface area contributed by atoms with E-state index in [0.29, 0.717) is 12.1 Å². The van der Waals surface area contributed by atoms with E-state index >= 15 is 0 Å². The molecule has 116 valence electrons. The normalized spacial score (nSPS) is 14.1. The highest BCUT2D eigenvalue weighted by atomic mass is 16.6. The molecule has 2 atom stereocenters.